The molecule has 0 bridgehead atoms. The first-order valence-corrected chi connectivity index (χ1v) is 14.4. The Balaban J connectivity index is 1.82. The van der Waals surface area contributed by atoms with E-state index in [-0.39, 0.29) is 34.1 Å². The van der Waals surface area contributed by atoms with Crippen LogP contribution in [-0.4, -0.2) is 32.7 Å². The molecule has 2 unspecified atom stereocenters. The number of aliphatic carboxylic acids is 1. The van der Waals surface area contributed by atoms with Crippen LogP contribution in [0.2, 0.25) is 5.02 Å². The lowest BCUT2D eigenvalue weighted by Crippen LogP contribution is -2.36. The summed E-state index contributed by atoms with van der Waals surface area (Å²) >= 11 is 6.22. The summed E-state index contributed by atoms with van der Waals surface area (Å²) in [5.41, 5.74) is 0.531. The zero-order valence-electron chi connectivity index (χ0n) is 22.4. The quantitative estimate of drug-likeness (QED) is 0.218. The van der Waals surface area contributed by atoms with Crippen molar-refractivity contribution in [1.29, 1.82) is 0 Å². The first-order valence-electron chi connectivity index (χ1n) is 12.5. The number of sulfone groups is 1. The molecule has 1 aliphatic rings. The number of ether oxygens (including phenoxy) is 2. The molecule has 1 heterocycles. The number of methoxy groups -OCH3 is 1. The SMILES string of the molecule is COc1cc(S(=O)(=O)C2CC(CC(C)(C)C(=O)O)Oc3ccc(/C=C(\C)c4c(F)cccc4Cl)cc32)ccc1F. The van der Waals surface area contributed by atoms with Crippen molar-refractivity contribution in [2.75, 3.05) is 7.11 Å². The molecule has 0 radical (unpaired) electrons. The van der Waals surface area contributed by atoms with Gasteiger partial charge in [-0.3, -0.25) is 4.79 Å². The van der Waals surface area contributed by atoms with E-state index in [0.29, 0.717) is 22.4 Å². The van der Waals surface area contributed by atoms with E-state index in [1.54, 1.807) is 51.1 Å². The van der Waals surface area contributed by atoms with E-state index in [9.17, 15) is 27.1 Å². The van der Waals surface area contributed by atoms with Gasteiger partial charge in [-0.2, -0.15) is 0 Å². The Bertz CT molecular complexity index is 1580. The number of halogens is 3. The number of carbonyl (C=O) groups is 1. The van der Waals surface area contributed by atoms with Crippen molar-refractivity contribution in [3.05, 3.63) is 87.9 Å². The van der Waals surface area contributed by atoms with Crippen molar-refractivity contribution in [2.45, 2.75) is 49.9 Å². The smallest absolute Gasteiger partial charge is 0.309 e. The van der Waals surface area contributed by atoms with E-state index >= 15 is 0 Å². The monoisotopic (exact) mass is 590 g/mol. The average Bonchev–Trinajstić information content (AvgIpc) is 2.88. The van der Waals surface area contributed by atoms with Crippen LogP contribution in [0, 0.1) is 17.0 Å². The van der Waals surface area contributed by atoms with Crippen LogP contribution in [0.1, 0.15) is 55.6 Å². The normalized spacial score (nSPS) is 17.6. The predicted molar refractivity (Wildman–Crippen MR) is 149 cm³/mol. The minimum absolute atomic E-state index is 0.0307. The van der Waals surface area contributed by atoms with Crippen LogP contribution in [0.3, 0.4) is 0 Å². The minimum Gasteiger partial charge on any atom is -0.494 e. The van der Waals surface area contributed by atoms with Crippen LogP contribution in [0.5, 0.6) is 11.5 Å². The van der Waals surface area contributed by atoms with Gasteiger partial charge in [-0.05, 0) is 74.7 Å². The van der Waals surface area contributed by atoms with Crippen LogP contribution in [0.4, 0.5) is 8.78 Å². The maximum Gasteiger partial charge on any atom is 0.309 e. The lowest BCUT2D eigenvalue weighted by Gasteiger charge is -2.35. The van der Waals surface area contributed by atoms with Crippen LogP contribution in [0.15, 0.2) is 59.5 Å². The lowest BCUT2D eigenvalue weighted by atomic mass is 9.84. The summed E-state index contributed by atoms with van der Waals surface area (Å²) in [6.45, 7) is 4.80. The molecule has 3 aromatic rings. The molecule has 212 valence electrons. The van der Waals surface area contributed by atoms with Gasteiger partial charge in [-0.25, -0.2) is 17.2 Å². The molecule has 1 N–H and O–H groups in total. The summed E-state index contributed by atoms with van der Waals surface area (Å²) in [7, 11) is -2.88. The molecule has 10 heteroatoms. The summed E-state index contributed by atoms with van der Waals surface area (Å²) < 4.78 is 67.7. The Hall–Kier alpha value is -3.43. The summed E-state index contributed by atoms with van der Waals surface area (Å²) in [6, 6.07) is 12.7. The van der Waals surface area contributed by atoms with Crippen LogP contribution in [0.25, 0.3) is 11.6 Å². The van der Waals surface area contributed by atoms with Crippen LogP contribution >= 0.6 is 11.6 Å². The maximum atomic E-state index is 14.5. The van der Waals surface area contributed by atoms with Gasteiger partial charge in [0.15, 0.2) is 21.4 Å². The third-order valence-electron chi connectivity index (χ3n) is 7.03. The van der Waals surface area contributed by atoms with Crippen LogP contribution < -0.4 is 9.47 Å². The van der Waals surface area contributed by atoms with E-state index in [1.165, 1.54) is 25.3 Å². The number of hydrogen-bond acceptors (Lipinski definition) is 5. The second kappa shape index (κ2) is 11.2. The molecule has 0 spiro atoms. The molecule has 40 heavy (non-hydrogen) atoms. The van der Waals surface area contributed by atoms with Gasteiger partial charge in [0.25, 0.3) is 0 Å². The van der Waals surface area contributed by atoms with Crippen molar-refractivity contribution in [3.8, 4) is 11.5 Å². The van der Waals surface area contributed by atoms with E-state index in [1.807, 2.05) is 0 Å². The van der Waals surface area contributed by atoms with Crippen molar-refractivity contribution >= 4 is 39.1 Å². The predicted octanol–water partition coefficient (Wildman–Crippen LogP) is 7.35. The van der Waals surface area contributed by atoms with Gasteiger partial charge in [0.1, 0.15) is 17.7 Å². The lowest BCUT2D eigenvalue weighted by molar-refractivity contribution is -0.148. The van der Waals surface area contributed by atoms with Crippen LogP contribution in [-0.2, 0) is 14.6 Å². The molecule has 0 fully saturated rings. The number of rotatable bonds is 8. The fourth-order valence-corrected chi connectivity index (χ4v) is 7.02. The number of carboxylic acid groups (broad SMARTS) is 1. The Labute approximate surface area is 237 Å². The standard InChI is InChI=1S/C30H29ClF2O6S/c1-17(28-22(31)6-5-7-24(28)33)12-18-8-11-25-21(13-18)27(14-19(39-25)16-30(2,3)29(34)35)40(36,37)20-9-10-23(32)26(15-20)38-4/h5-13,15,19,27H,14,16H2,1-4H3,(H,34,35)/b17-12+. The molecule has 0 aromatic heterocycles. The van der Waals surface area contributed by atoms with E-state index in [4.69, 9.17) is 21.1 Å². The van der Waals surface area contributed by atoms with Gasteiger partial charge >= 0.3 is 5.97 Å². The topological polar surface area (TPSA) is 89.9 Å². The Morgan fingerprint density at radius 1 is 1.15 bits per heavy atom. The van der Waals surface area contributed by atoms with Gasteiger partial charge in [0.05, 0.1) is 27.7 Å². The van der Waals surface area contributed by atoms with E-state index in [0.717, 1.165) is 12.1 Å². The molecule has 2 atom stereocenters. The number of benzene rings is 3. The van der Waals surface area contributed by atoms with E-state index < -0.39 is 44.2 Å². The molecule has 0 saturated heterocycles. The molecular formula is C30H29ClF2O6S. The Morgan fingerprint density at radius 2 is 1.88 bits per heavy atom. The number of allylic oxidation sites excluding steroid dienone is 1. The summed E-state index contributed by atoms with van der Waals surface area (Å²) in [4.78, 5) is 11.6. The van der Waals surface area contributed by atoms with Crippen molar-refractivity contribution in [1.82, 2.24) is 0 Å². The molecule has 0 saturated carbocycles. The molecular weight excluding hydrogens is 562 g/mol. The van der Waals surface area contributed by atoms with Gasteiger partial charge < -0.3 is 14.6 Å². The molecule has 4 rings (SSSR count). The third kappa shape index (κ3) is 5.86. The first-order chi connectivity index (χ1) is 18.7. The highest BCUT2D eigenvalue weighted by atomic mass is 35.5. The number of hydrogen-bond donors (Lipinski definition) is 1. The second-order valence-corrected chi connectivity index (χ2v) is 13.0. The fourth-order valence-electron chi connectivity index (χ4n) is 4.86. The average molecular weight is 591 g/mol. The Kier molecular flexibility index (Phi) is 8.28. The highest BCUT2D eigenvalue weighted by Crippen LogP contribution is 2.45. The van der Waals surface area contributed by atoms with Crippen molar-refractivity contribution in [2.24, 2.45) is 5.41 Å². The number of fused-ring (bicyclic) bond motifs is 1. The fraction of sp³-hybridized carbons (Fsp3) is 0.300. The molecule has 3 aromatic carbocycles. The highest BCUT2D eigenvalue weighted by molar-refractivity contribution is 7.91. The van der Waals surface area contributed by atoms with Gasteiger partial charge in [-0.15, -0.1) is 0 Å². The summed E-state index contributed by atoms with van der Waals surface area (Å²) in [5, 5.41) is 8.75. The minimum atomic E-state index is -4.12. The van der Waals surface area contributed by atoms with Gasteiger partial charge in [0, 0.05) is 23.6 Å². The van der Waals surface area contributed by atoms with Crippen molar-refractivity contribution in [3.63, 3.8) is 0 Å². The van der Waals surface area contributed by atoms with Crippen molar-refractivity contribution < 1.29 is 36.6 Å². The summed E-state index contributed by atoms with van der Waals surface area (Å²) in [6.07, 6.45) is 1.000. The zero-order chi connectivity index (χ0) is 29.4. The zero-order valence-corrected chi connectivity index (χ0v) is 23.9. The molecule has 0 amide bonds. The second-order valence-electron chi connectivity index (χ2n) is 10.4. The first kappa shape index (κ1) is 29.6. The summed E-state index contributed by atoms with van der Waals surface area (Å²) in [5.74, 6) is -2.15. The maximum absolute atomic E-state index is 14.5. The molecule has 0 aliphatic carbocycles. The van der Waals surface area contributed by atoms with Gasteiger partial charge in [0.2, 0.25) is 0 Å². The number of carboxylic acids is 1. The molecule has 6 nitrogen and oxygen atoms in total. The van der Waals surface area contributed by atoms with Gasteiger partial charge in [-0.1, -0.05) is 29.8 Å². The largest absolute Gasteiger partial charge is 0.494 e. The Morgan fingerprint density at radius 3 is 2.52 bits per heavy atom. The highest BCUT2D eigenvalue weighted by Gasteiger charge is 2.41. The third-order valence-corrected chi connectivity index (χ3v) is 9.46. The van der Waals surface area contributed by atoms with E-state index in [2.05, 4.69) is 0 Å². The molecule has 1 aliphatic heterocycles.